The minimum absolute atomic E-state index is 0.0705. The van der Waals surface area contributed by atoms with E-state index in [-0.39, 0.29) is 6.61 Å². The van der Waals surface area contributed by atoms with Crippen molar-refractivity contribution in [1.82, 2.24) is 0 Å². The van der Waals surface area contributed by atoms with Gasteiger partial charge in [-0.05, 0) is 24.6 Å². The molecule has 0 bridgehead atoms. The monoisotopic (exact) mass is 252 g/mol. The first-order valence-electron chi connectivity index (χ1n) is 5.78. The highest BCUT2D eigenvalue weighted by Crippen LogP contribution is 2.24. The quantitative estimate of drug-likeness (QED) is 0.847. The second kappa shape index (κ2) is 7.16. The number of anilines is 1. The van der Waals surface area contributed by atoms with Crippen molar-refractivity contribution in [2.24, 2.45) is 0 Å². The van der Waals surface area contributed by atoms with Crippen LogP contribution in [0.1, 0.15) is 25.3 Å². The zero-order valence-corrected chi connectivity index (χ0v) is 10.7. The Morgan fingerprint density at radius 2 is 2.18 bits per heavy atom. The van der Waals surface area contributed by atoms with Crippen molar-refractivity contribution in [3.8, 4) is 6.07 Å². The van der Waals surface area contributed by atoms with Gasteiger partial charge in [0.05, 0.1) is 17.9 Å². The molecule has 0 radical (unpaired) electrons. The van der Waals surface area contributed by atoms with Gasteiger partial charge in [0.15, 0.2) is 0 Å². The van der Waals surface area contributed by atoms with Gasteiger partial charge in [-0.2, -0.15) is 5.26 Å². The zero-order chi connectivity index (χ0) is 12.7. The lowest BCUT2D eigenvalue weighted by Gasteiger charge is -2.24. The van der Waals surface area contributed by atoms with Gasteiger partial charge in [-0.1, -0.05) is 24.9 Å². The van der Waals surface area contributed by atoms with Gasteiger partial charge >= 0.3 is 0 Å². The molecule has 0 fully saturated rings. The van der Waals surface area contributed by atoms with E-state index in [1.165, 1.54) is 0 Å². The Morgan fingerprint density at radius 1 is 1.41 bits per heavy atom. The van der Waals surface area contributed by atoms with Crippen LogP contribution < -0.4 is 4.90 Å². The van der Waals surface area contributed by atoms with Crippen molar-refractivity contribution >= 4 is 17.3 Å². The highest BCUT2D eigenvalue weighted by molar-refractivity contribution is 6.30. The van der Waals surface area contributed by atoms with Crippen LogP contribution in [0.15, 0.2) is 18.2 Å². The van der Waals surface area contributed by atoms with Crippen molar-refractivity contribution in [2.75, 3.05) is 24.6 Å². The molecular weight excluding hydrogens is 236 g/mol. The van der Waals surface area contributed by atoms with Gasteiger partial charge in [0.25, 0.3) is 0 Å². The van der Waals surface area contributed by atoms with E-state index in [9.17, 15) is 0 Å². The molecule has 1 aromatic carbocycles. The van der Waals surface area contributed by atoms with E-state index in [1.54, 1.807) is 18.2 Å². The lowest BCUT2D eigenvalue weighted by molar-refractivity contribution is 0.301. The number of aliphatic hydroxyl groups is 1. The van der Waals surface area contributed by atoms with Gasteiger partial charge < -0.3 is 10.0 Å². The third-order valence-corrected chi connectivity index (χ3v) is 2.81. The number of rotatable bonds is 6. The first-order valence-corrected chi connectivity index (χ1v) is 6.16. The van der Waals surface area contributed by atoms with E-state index in [0.717, 1.165) is 25.1 Å². The van der Waals surface area contributed by atoms with Gasteiger partial charge in [0, 0.05) is 18.1 Å². The summed E-state index contributed by atoms with van der Waals surface area (Å²) in [7, 11) is 0. The molecule has 0 saturated carbocycles. The highest BCUT2D eigenvalue weighted by Gasteiger charge is 2.11. The van der Waals surface area contributed by atoms with Crippen LogP contribution in [0.4, 0.5) is 5.69 Å². The van der Waals surface area contributed by atoms with Gasteiger partial charge in [0.1, 0.15) is 6.07 Å². The number of nitriles is 1. The molecule has 0 amide bonds. The normalized spacial score (nSPS) is 10.0. The molecule has 0 unspecified atom stereocenters. The summed E-state index contributed by atoms with van der Waals surface area (Å²) in [5, 5.41) is 18.8. The van der Waals surface area contributed by atoms with Crippen LogP contribution in [-0.2, 0) is 0 Å². The molecule has 0 aliphatic rings. The fourth-order valence-corrected chi connectivity index (χ4v) is 1.85. The topological polar surface area (TPSA) is 47.3 Å². The summed E-state index contributed by atoms with van der Waals surface area (Å²) in [6.07, 6.45) is 2.10. The van der Waals surface area contributed by atoms with E-state index < -0.39 is 0 Å². The molecule has 92 valence electrons. The molecule has 0 saturated heterocycles. The summed E-state index contributed by atoms with van der Waals surface area (Å²) in [6, 6.07) is 7.36. The van der Waals surface area contributed by atoms with Crippen LogP contribution in [0, 0.1) is 11.3 Å². The molecule has 0 aliphatic carbocycles. The van der Waals surface area contributed by atoms with Crippen molar-refractivity contribution in [1.29, 1.82) is 5.26 Å². The standard InChI is InChI=1S/C13H17ClN2O/c1-2-3-6-16(7-8-17)13-9-12(14)5-4-11(13)10-15/h4-5,9,17H,2-3,6-8H2,1H3. The van der Waals surface area contributed by atoms with E-state index in [4.69, 9.17) is 22.0 Å². The van der Waals surface area contributed by atoms with Crippen molar-refractivity contribution < 1.29 is 5.11 Å². The molecule has 1 rings (SSSR count). The molecule has 0 aromatic heterocycles. The minimum Gasteiger partial charge on any atom is -0.395 e. The van der Waals surface area contributed by atoms with Crippen LogP contribution in [0.25, 0.3) is 0 Å². The maximum atomic E-state index is 9.07. The first-order chi connectivity index (χ1) is 8.22. The Bertz CT molecular complexity index is 401. The second-order valence-corrected chi connectivity index (χ2v) is 4.27. The number of unbranched alkanes of at least 4 members (excludes halogenated alkanes) is 1. The van der Waals surface area contributed by atoms with Crippen LogP contribution in [0.3, 0.4) is 0 Å². The third-order valence-electron chi connectivity index (χ3n) is 2.57. The molecule has 0 atom stereocenters. The van der Waals surface area contributed by atoms with Crippen molar-refractivity contribution in [3.63, 3.8) is 0 Å². The third kappa shape index (κ3) is 3.92. The lowest BCUT2D eigenvalue weighted by atomic mass is 10.1. The maximum Gasteiger partial charge on any atom is 0.101 e. The van der Waals surface area contributed by atoms with Crippen LogP contribution in [0.2, 0.25) is 5.02 Å². The molecule has 1 N–H and O–H groups in total. The lowest BCUT2D eigenvalue weighted by Crippen LogP contribution is -2.28. The van der Waals surface area contributed by atoms with E-state index in [1.807, 2.05) is 4.90 Å². The Labute approximate surface area is 107 Å². The van der Waals surface area contributed by atoms with E-state index in [0.29, 0.717) is 17.1 Å². The molecule has 3 nitrogen and oxygen atoms in total. The molecule has 0 aliphatic heterocycles. The molecule has 0 heterocycles. The number of hydrogen-bond donors (Lipinski definition) is 1. The number of nitrogens with zero attached hydrogens (tertiary/aromatic N) is 2. The largest absolute Gasteiger partial charge is 0.395 e. The second-order valence-electron chi connectivity index (χ2n) is 3.84. The fraction of sp³-hybridized carbons (Fsp3) is 0.462. The zero-order valence-electron chi connectivity index (χ0n) is 9.99. The first kappa shape index (κ1) is 13.8. The van der Waals surface area contributed by atoms with Crippen molar-refractivity contribution in [3.05, 3.63) is 28.8 Å². The SMILES string of the molecule is CCCCN(CCO)c1cc(Cl)ccc1C#N. The smallest absolute Gasteiger partial charge is 0.101 e. The van der Waals surface area contributed by atoms with Gasteiger partial charge in [-0.15, -0.1) is 0 Å². The molecule has 0 spiro atoms. The summed E-state index contributed by atoms with van der Waals surface area (Å²) >= 11 is 5.95. The van der Waals surface area contributed by atoms with Crippen LogP contribution in [-0.4, -0.2) is 24.8 Å². The maximum absolute atomic E-state index is 9.07. The predicted octanol–water partition coefficient (Wildman–Crippen LogP) is 2.81. The Kier molecular flexibility index (Phi) is 5.82. The Morgan fingerprint density at radius 3 is 2.76 bits per heavy atom. The van der Waals surface area contributed by atoms with E-state index >= 15 is 0 Å². The van der Waals surface area contributed by atoms with Gasteiger partial charge in [-0.25, -0.2) is 0 Å². The van der Waals surface area contributed by atoms with E-state index in [2.05, 4.69) is 13.0 Å². The summed E-state index contributed by atoms with van der Waals surface area (Å²) in [5.41, 5.74) is 1.40. The summed E-state index contributed by atoms with van der Waals surface area (Å²) in [6.45, 7) is 3.53. The predicted molar refractivity (Wildman–Crippen MR) is 70.4 cm³/mol. The van der Waals surface area contributed by atoms with Crippen LogP contribution in [0.5, 0.6) is 0 Å². The fourth-order valence-electron chi connectivity index (χ4n) is 1.68. The number of benzene rings is 1. The Balaban J connectivity index is 2.99. The number of aliphatic hydroxyl groups excluding tert-OH is 1. The van der Waals surface area contributed by atoms with Gasteiger partial charge in [0.2, 0.25) is 0 Å². The number of halogens is 1. The van der Waals surface area contributed by atoms with Crippen molar-refractivity contribution in [2.45, 2.75) is 19.8 Å². The van der Waals surface area contributed by atoms with Gasteiger partial charge in [-0.3, -0.25) is 0 Å². The minimum atomic E-state index is 0.0705. The van der Waals surface area contributed by atoms with Crippen LogP contribution >= 0.6 is 11.6 Å². The summed E-state index contributed by atoms with van der Waals surface area (Å²) in [5.74, 6) is 0. The average Bonchev–Trinajstić information content (AvgIpc) is 2.34. The molecule has 1 aromatic rings. The molecule has 17 heavy (non-hydrogen) atoms. The number of hydrogen-bond acceptors (Lipinski definition) is 3. The Hall–Kier alpha value is -1.24. The summed E-state index contributed by atoms with van der Waals surface area (Å²) < 4.78 is 0. The molecular formula is C13H17ClN2O. The average molecular weight is 253 g/mol. The summed E-state index contributed by atoms with van der Waals surface area (Å²) in [4.78, 5) is 2.01. The molecule has 4 heteroatoms. The highest BCUT2D eigenvalue weighted by atomic mass is 35.5.